The first-order valence-electron chi connectivity index (χ1n) is 9.61. The van der Waals surface area contributed by atoms with Gasteiger partial charge in [0, 0.05) is 31.2 Å². The summed E-state index contributed by atoms with van der Waals surface area (Å²) in [6.45, 7) is 7.37. The van der Waals surface area contributed by atoms with Gasteiger partial charge in [-0.15, -0.1) is 11.3 Å². The monoisotopic (exact) mass is 403 g/mol. The number of carbonyl (C=O) groups is 1. The van der Waals surface area contributed by atoms with Crippen LogP contribution in [-0.4, -0.2) is 41.0 Å². The van der Waals surface area contributed by atoms with E-state index in [1.54, 1.807) is 4.90 Å². The number of anilines is 2. The third kappa shape index (κ3) is 2.76. The number of amides is 1. The van der Waals surface area contributed by atoms with E-state index in [4.69, 9.17) is 9.97 Å². The van der Waals surface area contributed by atoms with Crippen LogP contribution in [0.1, 0.15) is 26.5 Å². The van der Waals surface area contributed by atoms with Gasteiger partial charge in [-0.25, -0.2) is 15.0 Å². The summed E-state index contributed by atoms with van der Waals surface area (Å²) >= 11 is 1.47. The molecule has 4 heterocycles. The largest absolute Gasteiger partial charge is 0.355 e. The van der Waals surface area contributed by atoms with Gasteiger partial charge in [0.25, 0.3) is 5.91 Å². The van der Waals surface area contributed by atoms with E-state index >= 15 is 0 Å². The highest BCUT2D eigenvalue weighted by Crippen LogP contribution is 2.36. The first-order valence-corrected chi connectivity index (χ1v) is 10.4. The van der Waals surface area contributed by atoms with Crippen molar-refractivity contribution < 1.29 is 4.79 Å². The standard InChI is InChI=1S/C22H21N5OS/c1-12-11-13(2)23-21-17(12)14(3)18(29-21)22(28)27-10-9-26(4)19-20(27)25-16-8-6-5-7-15(16)24-19/h5-8,11H,9-10H2,1-4H3. The molecule has 1 aromatic carbocycles. The van der Waals surface area contributed by atoms with Gasteiger partial charge in [-0.2, -0.15) is 0 Å². The Morgan fingerprint density at radius 1 is 1.00 bits per heavy atom. The van der Waals surface area contributed by atoms with Crippen LogP contribution >= 0.6 is 11.3 Å². The second kappa shape index (κ2) is 6.49. The smallest absolute Gasteiger partial charge is 0.270 e. The van der Waals surface area contributed by atoms with Gasteiger partial charge < -0.3 is 4.90 Å². The molecule has 0 saturated heterocycles. The minimum Gasteiger partial charge on any atom is -0.355 e. The Balaban J connectivity index is 1.66. The fraction of sp³-hybridized carbons (Fsp3) is 0.273. The van der Waals surface area contributed by atoms with E-state index in [9.17, 15) is 4.79 Å². The molecule has 29 heavy (non-hydrogen) atoms. The summed E-state index contributed by atoms with van der Waals surface area (Å²) in [6.07, 6.45) is 0. The summed E-state index contributed by atoms with van der Waals surface area (Å²) in [6, 6.07) is 9.84. The van der Waals surface area contributed by atoms with Crippen LogP contribution < -0.4 is 9.80 Å². The molecule has 4 aromatic rings. The van der Waals surface area contributed by atoms with Crippen molar-refractivity contribution in [3.8, 4) is 0 Å². The molecular formula is C22H21N5OS. The predicted molar refractivity (Wildman–Crippen MR) is 118 cm³/mol. The Hall–Kier alpha value is -3.06. The zero-order chi connectivity index (χ0) is 20.3. The van der Waals surface area contributed by atoms with E-state index in [2.05, 4.69) is 22.9 Å². The number of carbonyl (C=O) groups excluding carboxylic acids is 1. The number of thiophene rings is 1. The second-order valence-corrected chi connectivity index (χ2v) is 8.55. The summed E-state index contributed by atoms with van der Waals surface area (Å²) in [7, 11) is 1.99. The summed E-state index contributed by atoms with van der Waals surface area (Å²) in [5, 5.41) is 1.09. The van der Waals surface area contributed by atoms with Gasteiger partial charge in [0.15, 0.2) is 11.6 Å². The average Bonchev–Trinajstić information content (AvgIpc) is 3.03. The molecule has 0 bridgehead atoms. The highest BCUT2D eigenvalue weighted by Gasteiger charge is 2.31. The number of fused-ring (bicyclic) bond motifs is 3. The van der Waals surface area contributed by atoms with E-state index in [1.165, 1.54) is 11.3 Å². The van der Waals surface area contributed by atoms with Crippen molar-refractivity contribution in [3.63, 3.8) is 0 Å². The van der Waals surface area contributed by atoms with Crippen LogP contribution in [0.2, 0.25) is 0 Å². The Bertz CT molecular complexity index is 1300. The molecule has 0 unspecified atom stereocenters. The number of likely N-dealkylation sites (N-methyl/N-ethyl adjacent to an activating group) is 1. The highest BCUT2D eigenvalue weighted by molar-refractivity contribution is 7.20. The van der Waals surface area contributed by atoms with Gasteiger partial charge >= 0.3 is 0 Å². The maximum absolute atomic E-state index is 13.6. The summed E-state index contributed by atoms with van der Waals surface area (Å²) in [5.74, 6) is 1.34. The van der Waals surface area contributed by atoms with E-state index in [-0.39, 0.29) is 5.91 Å². The molecule has 6 nitrogen and oxygen atoms in total. The Kier molecular flexibility index (Phi) is 4.03. The van der Waals surface area contributed by atoms with Crippen molar-refractivity contribution in [1.29, 1.82) is 0 Å². The SMILES string of the molecule is Cc1cc(C)c2c(C)c(C(=O)N3CCN(C)c4nc5ccccc5nc43)sc2n1. The maximum atomic E-state index is 13.6. The van der Waals surface area contributed by atoms with Crippen molar-refractivity contribution in [1.82, 2.24) is 15.0 Å². The molecule has 0 atom stereocenters. The van der Waals surface area contributed by atoms with Crippen molar-refractivity contribution in [3.05, 3.63) is 52.0 Å². The lowest BCUT2D eigenvalue weighted by Gasteiger charge is -2.33. The Morgan fingerprint density at radius 3 is 2.41 bits per heavy atom. The van der Waals surface area contributed by atoms with E-state index in [0.29, 0.717) is 18.9 Å². The molecule has 1 aliphatic heterocycles. The zero-order valence-corrected chi connectivity index (χ0v) is 17.7. The van der Waals surface area contributed by atoms with Crippen LogP contribution in [-0.2, 0) is 0 Å². The number of hydrogen-bond acceptors (Lipinski definition) is 6. The number of aryl methyl sites for hydroxylation is 3. The van der Waals surface area contributed by atoms with E-state index < -0.39 is 0 Å². The van der Waals surface area contributed by atoms with Gasteiger partial charge in [-0.1, -0.05) is 12.1 Å². The zero-order valence-electron chi connectivity index (χ0n) is 16.9. The van der Waals surface area contributed by atoms with Crippen molar-refractivity contribution in [2.24, 2.45) is 0 Å². The fourth-order valence-corrected chi connectivity index (χ4v) is 5.28. The van der Waals surface area contributed by atoms with Crippen molar-refractivity contribution in [2.75, 3.05) is 29.9 Å². The van der Waals surface area contributed by atoms with Crippen LogP contribution in [0.15, 0.2) is 30.3 Å². The van der Waals surface area contributed by atoms with E-state index in [1.807, 2.05) is 45.2 Å². The summed E-state index contributed by atoms with van der Waals surface area (Å²) in [5.41, 5.74) is 4.75. The van der Waals surface area contributed by atoms with Crippen LogP contribution in [0.3, 0.4) is 0 Å². The fourth-order valence-electron chi connectivity index (χ4n) is 4.02. The molecule has 146 valence electrons. The van der Waals surface area contributed by atoms with Crippen LogP contribution in [0, 0.1) is 20.8 Å². The van der Waals surface area contributed by atoms with Crippen molar-refractivity contribution in [2.45, 2.75) is 20.8 Å². The normalized spacial score (nSPS) is 13.9. The third-order valence-corrected chi connectivity index (χ3v) is 6.65. The molecule has 1 aliphatic rings. The first-order chi connectivity index (χ1) is 13.9. The number of pyridine rings is 1. The minimum atomic E-state index is -0.0264. The van der Waals surface area contributed by atoms with Gasteiger partial charge in [0.1, 0.15) is 4.83 Å². The lowest BCUT2D eigenvalue weighted by molar-refractivity contribution is 0.0989. The number of aromatic nitrogens is 3. The van der Waals surface area contributed by atoms with Crippen LogP contribution in [0.5, 0.6) is 0 Å². The molecule has 0 aliphatic carbocycles. The molecule has 0 saturated carbocycles. The molecule has 7 heteroatoms. The quantitative estimate of drug-likeness (QED) is 0.475. The van der Waals surface area contributed by atoms with Crippen LogP contribution in [0.25, 0.3) is 21.3 Å². The molecular weight excluding hydrogens is 382 g/mol. The molecule has 3 aromatic heterocycles. The molecule has 5 rings (SSSR count). The van der Waals surface area contributed by atoms with Gasteiger partial charge in [0.2, 0.25) is 0 Å². The highest BCUT2D eigenvalue weighted by atomic mass is 32.1. The molecule has 0 radical (unpaired) electrons. The number of hydrogen-bond donors (Lipinski definition) is 0. The molecule has 0 spiro atoms. The topological polar surface area (TPSA) is 62.2 Å². The lowest BCUT2D eigenvalue weighted by Crippen LogP contribution is -2.43. The van der Waals surface area contributed by atoms with Gasteiger partial charge in [-0.3, -0.25) is 9.69 Å². The average molecular weight is 404 g/mol. The Labute approximate surface area is 172 Å². The third-order valence-electron chi connectivity index (χ3n) is 5.48. The number of nitrogens with zero attached hydrogens (tertiary/aromatic N) is 5. The molecule has 0 N–H and O–H groups in total. The van der Waals surface area contributed by atoms with E-state index in [0.717, 1.165) is 48.8 Å². The number of benzene rings is 1. The van der Waals surface area contributed by atoms with Crippen molar-refractivity contribution >= 4 is 50.1 Å². The lowest BCUT2D eigenvalue weighted by atomic mass is 10.1. The van der Waals surface area contributed by atoms with Gasteiger partial charge in [-0.05, 0) is 50.1 Å². The maximum Gasteiger partial charge on any atom is 0.270 e. The van der Waals surface area contributed by atoms with Gasteiger partial charge in [0.05, 0.1) is 15.9 Å². The molecule has 1 amide bonds. The first kappa shape index (κ1) is 18.0. The minimum absolute atomic E-state index is 0.0264. The van der Waals surface area contributed by atoms with Crippen LogP contribution in [0.4, 0.5) is 11.6 Å². The summed E-state index contributed by atoms with van der Waals surface area (Å²) < 4.78 is 0. The number of para-hydroxylation sites is 2. The second-order valence-electron chi connectivity index (χ2n) is 7.55. The summed E-state index contributed by atoms with van der Waals surface area (Å²) in [4.78, 5) is 33.3. The predicted octanol–water partition coefficient (Wildman–Crippen LogP) is 4.26. The number of rotatable bonds is 1. The molecule has 0 fully saturated rings. The Morgan fingerprint density at radius 2 is 1.69 bits per heavy atom.